The Morgan fingerprint density at radius 3 is 3.00 bits per heavy atom. The number of halogens is 1. The van der Waals surface area contributed by atoms with Gasteiger partial charge < -0.3 is 0 Å². The Morgan fingerprint density at radius 1 is 1.73 bits per heavy atom. The highest BCUT2D eigenvalue weighted by Gasteiger charge is 2.08. The van der Waals surface area contributed by atoms with Crippen molar-refractivity contribution in [2.45, 2.75) is 5.92 Å². The lowest BCUT2D eigenvalue weighted by atomic mass is 10.1. The Balaban J connectivity index is 2.85. The van der Waals surface area contributed by atoms with Crippen molar-refractivity contribution >= 4 is 15.9 Å². The van der Waals surface area contributed by atoms with Crippen LogP contribution in [0.2, 0.25) is 0 Å². The van der Waals surface area contributed by atoms with Crippen LogP contribution < -0.4 is 0 Å². The van der Waals surface area contributed by atoms with Crippen LogP contribution in [0.15, 0.2) is 18.6 Å². The van der Waals surface area contributed by atoms with Crippen molar-refractivity contribution in [2.75, 3.05) is 5.33 Å². The first kappa shape index (κ1) is 8.15. The highest BCUT2D eigenvalue weighted by molar-refractivity contribution is 9.09. The molecule has 3 nitrogen and oxygen atoms in total. The van der Waals surface area contributed by atoms with Gasteiger partial charge in [-0.3, -0.25) is 0 Å². The van der Waals surface area contributed by atoms with Crippen molar-refractivity contribution in [1.82, 2.24) is 9.97 Å². The Labute approximate surface area is 73.2 Å². The third-order valence-electron chi connectivity index (χ3n) is 1.27. The lowest BCUT2D eigenvalue weighted by Crippen LogP contribution is -1.99. The van der Waals surface area contributed by atoms with Crippen molar-refractivity contribution < 1.29 is 0 Å². The maximum atomic E-state index is 8.64. The van der Waals surface area contributed by atoms with Gasteiger partial charge in [-0.15, -0.1) is 0 Å². The summed E-state index contributed by atoms with van der Waals surface area (Å²) in [5.74, 6) is -0.169. The van der Waals surface area contributed by atoms with E-state index in [1.807, 2.05) is 0 Å². The molecular formula is C7H6BrN3. The average molecular weight is 212 g/mol. The predicted molar refractivity (Wildman–Crippen MR) is 44.2 cm³/mol. The number of aromatic nitrogens is 2. The summed E-state index contributed by atoms with van der Waals surface area (Å²) in [6.07, 6.45) is 3.08. The Bertz CT molecular complexity index is 254. The van der Waals surface area contributed by atoms with Crippen molar-refractivity contribution in [2.24, 2.45) is 0 Å². The monoisotopic (exact) mass is 211 g/mol. The summed E-state index contributed by atoms with van der Waals surface area (Å²) in [6.45, 7) is 0. The Kier molecular flexibility index (Phi) is 2.99. The zero-order valence-corrected chi connectivity index (χ0v) is 7.32. The summed E-state index contributed by atoms with van der Waals surface area (Å²) in [6, 6.07) is 3.88. The van der Waals surface area contributed by atoms with Crippen LogP contribution in [0.4, 0.5) is 0 Å². The van der Waals surface area contributed by atoms with Gasteiger partial charge >= 0.3 is 0 Å². The molecule has 4 heteroatoms. The van der Waals surface area contributed by atoms with E-state index in [1.54, 1.807) is 12.3 Å². The molecule has 0 aliphatic rings. The third-order valence-corrected chi connectivity index (χ3v) is 1.92. The topological polar surface area (TPSA) is 49.6 Å². The number of rotatable bonds is 2. The second-order valence-electron chi connectivity index (χ2n) is 1.97. The van der Waals surface area contributed by atoms with Crippen molar-refractivity contribution in [3.8, 4) is 6.07 Å². The number of nitrogens with zero attached hydrogens (tertiary/aromatic N) is 3. The molecule has 0 saturated carbocycles. The van der Waals surface area contributed by atoms with Gasteiger partial charge in [-0.05, 0) is 6.07 Å². The van der Waals surface area contributed by atoms with Gasteiger partial charge in [-0.2, -0.15) is 5.26 Å². The first-order valence-corrected chi connectivity index (χ1v) is 4.22. The largest absolute Gasteiger partial charge is 0.245 e. The summed E-state index contributed by atoms with van der Waals surface area (Å²) in [7, 11) is 0. The van der Waals surface area contributed by atoms with Gasteiger partial charge in [0.05, 0.1) is 17.7 Å². The molecule has 0 aliphatic carbocycles. The first-order valence-electron chi connectivity index (χ1n) is 3.10. The molecule has 1 heterocycles. The van der Waals surface area contributed by atoms with Gasteiger partial charge in [0.2, 0.25) is 0 Å². The highest BCUT2D eigenvalue weighted by atomic mass is 79.9. The molecule has 0 amide bonds. The molecule has 0 fully saturated rings. The van der Waals surface area contributed by atoms with Crippen LogP contribution >= 0.6 is 15.9 Å². The minimum Gasteiger partial charge on any atom is -0.245 e. The Morgan fingerprint density at radius 2 is 2.55 bits per heavy atom. The van der Waals surface area contributed by atoms with Gasteiger partial charge in [0.25, 0.3) is 0 Å². The molecule has 1 aromatic heterocycles. The molecule has 0 saturated heterocycles. The van der Waals surface area contributed by atoms with E-state index in [1.165, 1.54) is 6.33 Å². The van der Waals surface area contributed by atoms with E-state index >= 15 is 0 Å². The van der Waals surface area contributed by atoms with Gasteiger partial charge in [-0.25, -0.2) is 9.97 Å². The highest BCUT2D eigenvalue weighted by Crippen LogP contribution is 2.12. The van der Waals surface area contributed by atoms with Crippen LogP contribution in [-0.2, 0) is 0 Å². The van der Waals surface area contributed by atoms with Crippen LogP contribution in [-0.4, -0.2) is 15.3 Å². The fraction of sp³-hybridized carbons (Fsp3) is 0.286. The van der Waals surface area contributed by atoms with E-state index in [4.69, 9.17) is 5.26 Å². The minimum atomic E-state index is -0.169. The SMILES string of the molecule is N#CC(CBr)c1ccncn1. The van der Waals surface area contributed by atoms with Crippen molar-refractivity contribution in [3.63, 3.8) is 0 Å². The molecule has 0 N–H and O–H groups in total. The van der Waals surface area contributed by atoms with Crippen LogP contribution in [0.5, 0.6) is 0 Å². The molecule has 1 rings (SSSR count). The Hall–Kier alpha value is -0.950. The standard InChI is InChI=1S/C7H6BrN3/c8-3-6(4-9)7-1-2-10-5-11-7/h1-2,5-6H,3H2. The number of nitriles is 1. The van der Waals surface area contributed by atoms with E-state index in [0.29, 0.717) is 5.33 Å². The molecule has 0 radical (unpaired) electrons. The zero-order valence-electron chi connectivity index (χ0n) is 5.74. The molecule has 1 atom stereocenters. The molecule has 1 aromatic rings. The van der Waals surface area contributed by atoms with Crippen molar-refractivity contribution in [3.05, 3.63) is 24.3 Å². The summed E-state index contributed by atoms with van der Waals surface area (Å²) >= 11 is 3.23. The number of alkyl halides is 1. The maximum absolute atomic E-state index is 8.64. The molecule has 11 heavy (non-hydrogen) atoms. The van der Waals surface area contributed by atoms with Gasteiger partial charge in [0, 0.05) is 11.5 Å². The van der Waals surface area contributed by atoms with Crippen LogP contribution in [0, 0.1) is 11.3 Å². The summed E-state index contributed by atoms with van der Waals surface area (Å²) < 4.78 is 0. The molecule has 0 aliphatic heterocycles. The van der Waals surface area contributed by atoms with E-state index in [0.717, 1.165) is 5.69 Å². The number of hydrogen-bond acceptors (Lipinski definition) is 3. The molecule has 0 spiro atoms. The molecule has 1 unspecified atom stereocenters. The van der Waals surface area contributed by atoms with E-state index in [2.05, 4.69) is 32.0 Å². The van der Waals surface area contributed by atoms with E-state index in [9.17, 15) is 0 Å². The molecular weight excluding hydrogens is 206 g/mol. The van der Waals surface area contributed by atoms with Gasteiger partial charge in [0.1, 0.15) is 6.33 Å². The normalized spacial score (nSPS) is 12.0. The average Bonchev–Trinajstić information content (AvgIpc) is 2.09. The lowest BCUT2D eigenvalue weighted by Gasteiger charge is -2.01. The minimum absolute atomic E-state index is 0.169. The van der Waals surface area contributed by atoms with Gasteiger partial charge in [-0.1, -0.05) is 15.9 Å². The second-order valence-corrected chi connectivity index (χ2v) is 2.62. The van der Waals surface area contributed by atoms with E-state index < -0.39 is 0 Å². The maximum Gasteiger partial charge on any atom is 0.115 e. The van der Waals surface area contributed by atoms with Crippen LogP contribution in [0.25, 0.3) is 0 Å². The lowest BCUT2D eigenvalue weighted by molar-refractivity contribution is 0.919. The van der Waals surface area contributed by atoms with Crippen molar-refractivity contribution in [1.29, 1.82) is 5.26 Å². The molecule has 56 valence electrons. The third kappa shape index (κ3) is 1.99. The van der Waals surface area contributed by atoms with Gasteiger partial charge in [0.15, 0.2) is 0 Å². The summed E-state index contributed by atoms with van der Waals surface area (Å²) in [5.41, 5.74) is 0.763. The first-order chi connectivity index (χ1) is 5.38. The molecule has 0 aromatic carbocycles. The fourth-order valence-corrected chi connectivity index (χ4v) is 1.16. The quantitative estimate of drug-likeness (QED) is 0.697. The zero-order chi connectivity index (χ0) is 8.10. The number of hydrogen-bond donors (Lipinski definition) is 0. The second kappa shape index (κ2) is 4.04. The smallest absolute Gasteiger partial charge is 0.115 e. The van der Waals surface area contributed by atoms with Crippen LogP contribution in [0.3, 0.4) is 0 Å². The summed E-state index contributed by atoms with van der Waals surface area (Å²) in [5, 5.41) is 9.25. The molecule has 0 bridgehead atoms. The summed E-state index contributed by atoms with van der Waals surface area (Å²) in [4.78, 5) is 7.72. The fourth-order valence-electron chi connectivity index (χ4n) is 0.687. The van der Waals surface area contributed by atoms with E-state index in [-0.39, 0.29) is 5.92 Å². The van der Waals surface area contributed by atoms with Crippen LogP contribution in [0.1, 0.15) is 11.6 Å². The predicted octanol–water partition coefficient (Wildman–Crippen LogP) is 1.48.